The molecule has 1 aliphatic heterocycles. The van der Waals surface area contributed by atoms with Gasteiger partial charge in [0.25, 0.3) is 5.69 Å². The lowest BCUT2D eigenvalue weighted by Crippen LogP contribution is -2.21. The molecule has 3 rings (SSSR count). The number of rotatable bonds is 2. The molecule has 5 heteroatoms. The second-order valence-corrected chi connectivity index (χ2v) is 4.55. The van der Waals surface area contributed by atoms with Gasteiger partial charge in [0.2, 0.25) is 0 Å². The van der Waals surface area contributed by atoms with E-state index in [-0.39, 0.29) is 17.9 Å². The smallest absolute Gasteiger partial charge is 0.276 e. The zero-order valence-electron chi connectivity index (χ0n) is 10.5. The second-order valence-electron chi connectivity index (χ2n) is 4.55. The lowest BCUT2D eigenvalue weighted by atomic mass is 9.95. The Labute approximate surface area is 115 Å². The normalized spacial score (nSPS) is 17.2. The number of ketones is 1. The number of para-hydroxylation sites is 2. The van der Waals surface area contributed by atoms with Crippen molar-refractivity contribution in [2.75, 3.05) is 0 Å². The van der Waals surface area contributed by atoms with Crippen LogP contribution < -0.4 is 4.74 Å². The minimum absolute atomic E-state index is 0.0234. The summed E-state index contributed by atoms with van der Waals surface area (Å²) in [5.41, 5.74) is 0.937. The number of carbonyl (C=O) groups excluding carboxylic acids is 1. The summed E-state index contributed by atoms with van der Waals surface area (Å²) in [6.07, 6.45) is -0.499. The van der Waals surface area contributed by atoms with Crippen LogP contribution in [0.5, 0.6) is 5.75 Å². The van der Waals surface area contributed by atoms with E-state index in [9.17, 15) is 14.9 Å². The Morgan fingerprint density at radius 2 is 1.80 bits per heavy atom. The van der Waals surface area contributed by atoms with Crippen molar-refractivity contribution in [2.45, 2.75) is 12.5 Å². The molecule has 0 saturated heterocycles. The summed E-state index contributed by atoms with van der Waals surface area (Å²) < 4.78 is 5.75. The van der Waals surface area contributed by atoms with Crippen LogP contribution in [0.1, 0.15) is 28.4 Å². The maximum atomic E-state index is 12.1. The van der Waals surface area contributed by atoms with Gasteiger partial charge in [0, 0.05) is 6.07 Å². The molecule has 0 spiro atoms. The van der Waals surface area contributed by atoms with Crippen molar-refractivity contribution < 1.29 is 14.5 Å². The molecule has 0 fully saturated rings. The quantitative estimate of drug-likeness (QED) is 0.619. The molecular weight excluding hydrogens is 258 g/mol. The molecule has 0 aliphatic carbocycles. The third-order valence-corrected chi connectivity index (χ3v) is 3.31. The van der Waals surface area contributed by atoms with Crippen LogP contribution in [-0.2, 0) is 0 Å². The summed E-state index contributed by atoms with van der Waals surface area (Å²) >= 11 is 0. The van der Waals surface area contributed by atoms with Crippen LogP contribution in [0.3, 0.4) is 0 Å². The number of ether oxygens (including phenoxy) is 1. The van der Waals surface area contributed by atoms with Crippen LogP contribution in [-0.4, -0.2) is 10.7 Å². The van der Waals surface area contributed by atoms with Gasteiger partial charge in [-0.15, -0.1) is 0 Å². The number of nitro groups is 1. The van der Waals surface area contributed by atoms with Gasteiger partial charge < -0.3 is 4.74 Å². The summed E-state index contributed by atoms with van der Waals surface area (Å²) in [7, 11) is 0. The lowest BCUT2D eigenvalue weighted by molar-refractivity contribution is -0.386. The second kappa shape index (κ2) is 4.77. The molecule has 1 aliphatic rings. The first-order valence-electron chi connectivity index (χ1n) is 6.19. The highest BCUT2D eigenvalue weighted by Gasteiger charge is 2.31. The number of hydrogen-bond acceptors (Lipinski definition) is 4. The minimum atomic E-state index is -0.612. The van der Waals surface area contributed by atoms with Gasteiger partial charge in [-0.3, -0.25) is 14.9 Å². The predicted octanol–water partition coefficient (Wildman–Crippen LogP) is 3.30. The van der Waals surface area contributed by atoms with Gasteiger partial charge in [-0.2, -0.15) is 0 Å². The fraction of sp³-hybridized carbons (Fsp3) is 0.133. The van der Waals surface area contributed by atoms with Crippen LogP contribution in [0, 0.1) is 10.1 Å². The van der Waals surface area contributed by atoms with Crippen molar-refractivity contribution in [1.29, 1.82) is 0 Å². The Kier molecular flexibility index (Phi) is 2.95. The molecule has 2 aromatic rings. The Morgan fingerprint density at radius 1 is 1.10 bits per heavy atom. The van der Waals surface area contributed by atoms with E-state index in [1.165, 1.54) is 6.07 Å². The van der Waals surface area contributed by atoms with Crippen LogP contribution >= 0.6 is 0 Å². The molecule has 100 valence electrons. The van der Waals surface area contributed by atoms with E-state index in [2.05, 4.69) is 0 Å². The molecule has 1 heterocycles. The van der Waals surface area contributed by atoms with Crippen molar-refractivity contribution in [1.82, 2.24) is 0 Å². The zero-order chi connectivity index (χ0) is 14.1. The molecule has 0 N–H and O–H groups in total. The van der Waals surface area contributed by atoms with Crippen molar-refractivity contribution >= 4 is 11.5 Å². The van der Waals surface area contributed by atoms with Crippen molar-refractivity contribution in [3.63, 3.8) is 0 Å². The number of fused-ring (bicyclic) bond motifs is 1. The van der Waals surface area contributed by atoms with Crippen molar-refractivity contribution in [3.8, 4) is 5.75 Å². The Morgan fingerprint density at radius 3 is 2.60 bits per heavy atom. The highest BCUT2D eigenvalue weighted by molar-refractivity contribution is 6.00. The van der Waals surface area contributed by atoms with Gasteiger partial charge in [0.15, 0.2) is 5.78 Å². The molecule has 5 nitrogen and oxygen atoms in total. The molecule has 20 heavy (non-hydrogen) atoms. The summed E-state index contributed by atoms with van der Waals surface area (Å²) in [5, 5.41) is 11.1. The van der Waals surface area contributed by atoms with Gasteiger partial charge in [-0.05, 0) is 18.2 Å². The SMILES string of the molecule is O=C1CC(c2ccccc2[N+](=O)[O-])Oc2ccccc21. The highest BCUT2D eigenvalue weighted by Crippen LogP contribution is 2.37. The Balaban J connectivity index is 2.02. The third kappa shape index (κ3) is 2.03. The van der Waals surface area contributed by atoms with E-state index >= 15 is 0 Å². The highest BCUT2D eigenvalue weighted by atomic mass is 16.6. The standard InChI is InChI=1S/C15H11NO4/c17-13-9-15(20-14-8-4-2-6-11(13)14)10-5-1-3-7-12(10)16(18)19/h1-8,15H,9H2. The average molecular weight is 269 g/mol. The van der Waals surface area contributed by atoms with E-state index < -0.39 is 11.0 Å². The van der Waals surface area contributed by atoms with Gasteiger partial charge >= 0.3 is 0 Å². The number of carbonyl (C=O) groups is 1. The number of nitro benzene ring substituents is 1. The lowest BCUT2D eigenvalue weighted by Gasteiger charge is -2.25. The van der Waals surface area contributed by atoms with E-state index in [0.717, 1.165) is 0 Å². The summed E-state index contributed by atoms with van der Waals surface area (Å²) in [6.45, 7) is 0. The fourth-order valence-electron chi connectivity index (χ4n) is 2.37. The maximum Gasteiger partial charge on any atom is 0.276 e. The van der Waals surface area contributed by atoms with Crippen LogP contribution in [0.25, 0.3) is 0 Å². The number of benzene rings is 2. The molecule has 0 amide bonds. The first-order valence-corrected chi connectivity index (χ1v) is 6.19. The molecular formula is C15H11NO4. The maximum absolute atomic E-state index is 12.1. The minimum Gasteiger partial charge on any atom is -0.484 e. The van der Waals surface area contributed by atoms with E-state index in [0.29, 0.717) is 16.9 Å². The average Bonchev–Trinajstić information content (AvgIpc) is 2.47. The first-order chi connectivity index (χ1) is 9.66. The first kappa shape index (κ1) is 12.3. The van der Waals surface area contributed by atoms with E-state index in [1.54, 1.807) is 42.5 Å². The van der Waals surface area contributed by atoms with Crippen molar-refractivity contribution in [3.05, 3.63) is 69.8 Å². The van der Waals surface area contributed by atoms with Crippen LogP contribution in [0.4, 0.5) is 5.69 Å². The summed E-state index contributed by atoms with van der Waals surface area (Å²) in [6, 6.07) is 13.3. The van der Waals surface area contributed by atoms with E-state index in [1.807, 2.05) is 0 Å². The van der Waals surface area contributed by atoms with Crippen LogP contribution in [0.15, 0.2) is 48.5 Å². The fourth-order valence-corrected chi connectivity index (χ4v) is 2.37. The topological polar surface area (TPSA) is 69.4 Å². The van der Waals surface area contributed by atoms with Gasteiger partial charge in [0.05, 0.1) is 22.5 Å². The number of nitrogens with zero attached hydrogens (tertiary/aromatic N) is 1. The number of Topliss-reactive ketones (excluding diaryl/α,β-unsaturated/α-hetero) is 1. The molecule has 2 aromatic carbocycles. The number of hydrogen-bond donors (Lipinski definition) is 0. The molecule has 1 unspecified atom stereocenters. The third-order valence-electron chi connectivity index (χ3n) is 3.31. The molecule has 0 saturated carbocycles. The Bertz CT molecular complexity index is 696. The van der Waals surface area contributed by atoms with Gasteiger partial charge in [0.1, 0.15) is 11.9 Å². The van der Waals surface area contributed by atoms with Crippen molar-refractivity contribution in [2.24, 2.45) is 0 Å². The largest absolute Gasteiger partial charge is 0.484 e. The summed E-state index contributed by atoms with van der Waals surface area (Å²) in [4.78, 5) is 22.7. The molecule has 0 bridgehead atoms. The molecule has 1 atom stereocenters. The van der Waals surface area contributed by atoms with E-state index in [4.69, 9.17) is 4.74 Å². The van der Waals surface area contributed by atoms with Crippen LogP contribution in [0.2, 0.25) is 0 Å². The Hall–Kier alpha value is -2.69. The monoisotopic (exact) mass is 269 g/mol. The van der Waals surface area contributed by atoms with Gasteiger partial charge in [-0.1, -0.05) is 24.3 Å². The zero-order valence-corrected chi connectivity index (χ0v) is 10.5. The predicted molar refractivity (Wildman–Crippen MR) is 71.9 cm³/mol. The molecule has 0 radical (unpaired) electrons. The summed E-state index contributed by atoms with van der Waals surface area (Å²) in [5.74, 6) is 0.418. The van der Waals surface area contributed by atoms with Gasteiger partial charge in [-0.25, -0.2) is 0 Å². The molecule has 0 aromatic heterocycles.